The number of para-hydroxylation sites is 1. The molecular formula is C25H30N4OS. The summed E-state index contributed by atoms with van der Waals surface area (Å²) in [5.74, 6) is 0. The zero-order valence-corrected chi connectivity index (χ0v) is 19.4. The van der Waals surface area contributed by atoms with E-state index in [0.717, 1.165) is 12.1 Å². The molecule has 0 aliphatic carbocycles. The van der Waals surface area contributed by atoms with Gasteiger partial charge in [-0.05, 0) is 74.3 Å². The van der Waals surface area contributed by atoms with Crippen LogP contribution in [0.25, 0.3) is 5.69 Å². The smallest absolute Gasteiger partial charge is 0.170 e. The summed E-state index contributed by atoms with van der Waals surface area (Å²) in [6.07, 6.45) is 2.79. The van der Waals surface area contributed by atoms with Gasteiger partial charge in [0.25, 0.3) is 0 Å². The van der Waals surface area contributed by atoms with Crippen molar-refractivity contribution in [2.45, 2.75) is 46.2 Å². The molecule has 0 saturated carbocycles. The van der Waals surface area contributed by atoms with Gasteiger partial charge in [-0.3, -0.25) is 4.98 Å². The molecule has 4 rings (SSSR count). The third kappa shape index (κ3) is 3.75. The van der Waals surface area contributed by atoms with Crippen molar-refractivity contribution in [3.8, 4) is 5.69 Å². The first-order chi connectivity index (χ1) is 15.0. The van der Waals surface area contributed by atoms with E-state index in [1.807, 2.05) is 24.4 Å². The molecule has 0 radical (unpaired) electrons. The van der Waals surface area contributed by atoms with Crippen molar-refractivity contribution in [3.63, 3.8) is 0 Å². The van der Waals surface area contributed by atoms with Crippen molar-refractivity contribution in [2.24, 2.45) is 0 Å². The summed E-state index contributed by atoms with van der Waals surface area (Å²) in [4.78, 5) is 6.70. The molecule has 162 valence electrons. The van der Waals surface area contributed by atoms with Gasteiger partial charge in [-0.25, -0.2) is 0 Å². The molecule has 31 heavy (non-hydrogen) atoms. The summed E-state index contributed by atoms with van der Waals surface area (Å²) in [6.45, 7) is 9.25. The van der Waals surface area contributed by atoms with Crippen LogP contribution < -0.4 is 5.32 Å². The summed E-state index contributed by atoms with van der Waals surface area (Å²) in [7, 11) is 0. The molecule has 1 saturated heterocycles. The molecule has 2 atom stereocenters. The Balaban J connectivity index is 1.88. The van der Waals surface area contributed by atoms with Crippen molar-refractivity contribution >= 4 is 17.3 Å². The Hall–Kier alpha value is -2.70. The van der Waals surface area contributed by atoms with E-state index in [4.69, 9.17) is 12.2 Å². The lowest BCUT2D eigenvalue weighted by Crippen LogP contribution is -2.32. The Morgan fingerprint density at radius 2 is 1.94 bits per heavy atom. The maximum absolute atomic E-state index is 9.73. The number of rotatable bonds is 6. The third-order valence-electron chi connectivity index (χ3n) is 6.25. The van der Waals surface area contributed by atoms with E-state index in [1.54, 1.807) is 0 Å². The average Bonchev–Trinajstić information content (AvgIpc) is 3.24. The highest BCUT2D eigenvalue weighted by Crippen LogP contribution is 2.41. The SMILES string of the molecule is CCc1cccc(C)c1-n1c(C)cc([C@@H]2[C@H](c3ccccn3)NC(=S)N2CCO)c1C. The molecule has 0 amide bonds. The highest BCUT2D eigenvalue weighted by Gasteiger charge is 2.41. The van der Waals surface area contributed by atoms with Gasteiger partial charge in [-0.15, -0.1) is 0 Å². The summed E-state index contributed by atoms with van der Waals surface area (Å²) in [6, 6.07) is 14.6. The Kier molecular flexibility index (Phi) is 6.12. The standard InChI is InChI=1S/C25H30N4OS/c1-5-19-10-8-9-16(2)23(19)29-17(3)15-20(18(29)4)24-22(21-11-6-7-12-26-21)27-25(31)28(24)13-14-30/h6-12,15,22,24,30H,5,13-14H2,1-4H3,(H,27,31)/t22-,24+/m0/s1. The maximum atomic E-state index is 9.73. The fourth-order valence-electron chi connectivity index (χ4n) is 4.85. The van der Waals surface area contributed by atoms with Crippen molar-refractivity contribution in [2.75, 3.05) is 13.2 Å². The van der Waals surface area contributed by atoms with Crippen molar-refractivity contribution < 1.29 is 5.11 Å². The van der Waals surface area contributed by atoms with Gasteiger partial charge >= 0.3 is 0 Å². The van der Waals surface area contributed by atoms with Gasteiger partial charge in [0.2, 0.25) is 0 Å². The highest BCUT2D eigenvalue weighted by molar-refractivity contribution is 7.80. The number of aliphatic hydroxyl groups excluding tert-OH is 1. The number of nitrogens with zero attached hydrogens (tertiary/aromatic N) is 3. The zero-order chi connectivity index (χ0) is 22.1. The van der Waals surface area contributed by atoms with E-state index in [2.05, 4.69) is 71.7 Å². The van der Waals surface area contributed by atoms with E-state index >= 15 is 0 Å². The second-order valence-corrected chi connectivity index (χ2v) is 8.53. The monoisotopic (exact) mass is 434 g/mol. The number of benzene rings is 1. The van der Waals surface area contributed by atoms with E-state index < -0.39 is 0 Å². The fourth-order valence-corrected chi connectivity index (χ4v) is 5.18. The lowest BCUT2D eigenvalue weighted by molar-refractivity contribution is 0.223. The minimum Gasteiger partial charge on any atom is -0.395 e. The number of hydrogen-bond donors (Lipinski definition) is 2. The van der Waals surface area contributed by atoms with Crippen LogP contribution in [-0.4, -0.2) is 37.8 Å². The minimum absolute atomic E-state index is 0.0383. The van der Waals surface area contributed by atoms with Gasteiger partial charge in [0.05, 0.1) is 30.1 Å². The minimum atomic E-state index is -0.0725. The predicted molar refractivity (Wildman–Crippen MR) is 129 cm³/mol. The molecule has 0 spiro atoms. The van der Waals surface area contributed by atoms with Crippen LogP contribution >= 0.6 is 12.2 Å². The first-order valence-electron chi connectivity index (χ1n) is 10.8. The molecule has 6 heteroatoms. The van der Waals surface area contributed by atoms with Crippen LogP contribution in [0.3, 0.4) is 0 Å². The summed E-state index contributed by atoms with van der Waals surface area (Å²) in [5, 5.41) is 13.8. The quantitative estimate of drug-likeness (QED) is 0.566. The molecule has 5 nitrogen and oxygen atoms in total. The molecule has 1 fully saturated rings. The van der Waals surface area contributed by atoms with Crippen LogP contribution in [0.5, 0.6) is 0 Å². The molecule has 1 aliphatic heterocycles. The summed E-state index contributed by atoms with van der Waals surface area (Å²) < 4.78 is 2.37. The third-order valence-corrected chi connectivity index (χ3v) is 6.61. The lowest BCUT2D eigenvalue weighted by Gasteiger charge is -2.27. The Morgan fingerprint density at radius 3 is 2.61 bits per heavy atom. The van der Waals surface area contributed by atoms with Gasteiger partial charge < -0.3 is 19.9 Å². The Bertz CT molecular complexity index is 1090. The van der Waals surface area contributed by atoms with Crippen molar-refractivity contribution in [1.82, 2.24) is 19.8 Å². The molecule has 3 heterocycles. The van der Waals surface area contributed by atoms with E-state index in [9.17, 15) is 5.11 Å². The fraction of sp³-hybridized carbons (Fsp3) is 0.360. The zero-order valence-electron chi connectivity index (χ0n) is 18.6. The molecule has 3 aromatic rings. The van der Waals surface area contributed by atoms with Crippen molar-refractivity contribution in [1.29, 1.82) is 0 Å². The highest BCUT2D eigenvalue weighted by atomic mass is 32.1. The Morgan fingerprint density at radius 1 is 1.13 bits per heavy atom. The normalized spacial score (nSPS) is 18.5. The second-order valence-electron chi connectivity index (χ2n) is 8.14. The van der Waals surface area contributed by atoms with Crippen LogP contribution in [0.15, 0.2) is 48.7 Å². The number of thiocarbonyl (C=S) groups is 1. The number of aryl methyl sites for hydroxylation is 3. The molecule has 0 bridgehead atoms. The number of hydrogen-bond acceptors (Lipinski definition) is 3. The molecule has 0 unspecified atom stereocenters. The topological polar surface area (TPSA) is 53.3 Å². The van der Waals surface area contributed by atoms with Gasteiger partial charge in [0.1, 0.15) is 0 Å². The van der Waals surface area contributed by atoms with Crippen LogP contribution in [0.4, 0.5) is 0 Å². The largest absolute Gasteiger partial charge is 0.395 e. The first kappa shape index (κ1) is 21.5. The summed E-state index contributed by atoms with van der Waals surface area (Å²) >= 11 is 5.67. The van der Waals surface area contributed by atoms with Gasteiger partial charge in [0, 0.05) is 24.1 Å². The number of pyridine rings is 1. The number of aliphatic hydroxyl groups is 1. The van der Waals surface area contributed by atoms with Gasteiger partial charge in [-0.2, -0.15) is 0 Å². The lowest BCUT2D eigenvalue weighted by atomic mass is 9.96. The summed E-state index contributed by atoms with van der Waals surface area (Å²) in [5.41, 5.74) is 8.41. The van der Waals surface area contributed by atoms with Crippen molar-refractivity contribution in [3.05, 3.63) is 82.4 Å². The first-order valence-corrected chi connectivity index (χ1v) is 11.2. The van der Waals surface area contributed by atoms with Crippen LogP contribution in [0.2, 0.25) is 0 Å². The maximum Gasteiger partial charge on any atom is 0.170 e. The molecule has 1 aromatic carbocycles. The molecule has 2 aromatic heterocycles. The van der Waals surface area contributed by atoms with Gasteiger partial charge in [0.15, 0.2) is 5.11 Å². The van der Waals surface area contributed by atoms with Gasteiger partial charge in [-0.1, -0.05) is 31.2 Å². The molecular weight excluding hydrogens is 404 g/mol. The van der Waals surface area contributed by atoms with Crippen LogP contribution in [-0.2, 0) is 6.42 Å². The second kappa shape index (κ2) is 8.81. The van der Waals surface area contributed by atoms with Crippen LogP contribution in [0, 0.1) is 20.8 Å². The number of nitrogens with one attached hydrogen (secondary N) is 1. The number of aromatic nitrogens is 2. The number of β-amino-alcohol motifs (C(OH)–C–C–N with tert-alkyl or cyclic N) is 1. The van der Waals surface area contributed by atoms with E-state index in [0.29, 0.717) is 11.7 Å². The molecule has 1 aliphatic rings. The average molecular weight is 435 g/mol. The van der Waals surface area contributed by atoms with Crippen LogP contribution in [0.1, 0.15) is 52.8 Å². The molecule has 2 N–H and O–H groups in total. The Labute approximate surface area is 189 Å². The van der Waals surface area contributed by atoms with E-state index in [1.165, 1.54) is 33.8 Å². The van der Waals surface area contributed by atoms with E-state index in [-0.39, 0.29) is 18.7 Å². The predicted octanol–water partition coefficient (Wildman–Crippen LogP) is 4.32.